The van der Waals surface area contributed by atoms with Crippen LogP contribution < -0.4 is 5.32 Å². The summed E-state index contributed by atoms with van der Waals surface area (Å²) in [7, 11) is 0. The van der Waals surface area contributed by atoms with Crippen molar-refractivity contribution in [3.63, 3.8) is 0 Å². The minimum atomic E-state index is 0.285. The van der Waals surface area contributed by atoms with Crippen LogP contribution in [0.5, 0.6) is 5.75 Å². The lowest BCUT2D eigenvalue weighted by atomic mass is 9.52. The minimum Gasteiger partial charge on any atom is -0.508 e. The molecule has 0 amide bonds. The molecular formula is C16H21NO. The lowest BCUT2D eigenvalue weighted by Gasteiger charge is -2.55. The van der Waals surface area contributed by atoms with Crippen molar-refractivity contribution in [1.82, 2.24) is 5.32 Å². The molecule has 1 saturated heterocycles. The second-order valence-corrected chi connectivity index (χ2v) is 6.33. The third-order valence-electron chi connectivity index (χ3n) is 5.63. The molecule has 96 valence electrons. The molecule has 1 heterocycles. The maximum atomic E-state index is 10.4. The van der Waals surface area contributed by atoms with Crippen molar-refractivity contribution in [3.05, 3.63) is 29.3 Å². The maximum Gasteiger partial charge on any atom is 0.119 e. The van der Waals surface area contributed by atoms with Gasteiger partial charge in [0.2, 0.25) is 0 Å². The Morgan fingerprint density at radius 1 is 1.22 bits per heavy atom. The van der Waals surface area contributed by atoms with E-state index in [9.17, 15) is 5.11 Å². The Labute approximate surface area is 108 Å². The van der Waals surface area contributed by atoms with Gasteiger partial charge in [0.1, 0.15) is 5.75 Å². The van der Waals surface area contributed by atoms with Gasteiger partial charge in [0.05, 0.1) is 0 Å². The first-order chi connectivity index (χ1) is 8.81. The largest absolute Gasteiger partial charge is 0.508 e. The van der Waals surface area contributed by atoms with Crippen LogP contribution in [0.15, 0.2) is 18.2 Å². The van der Waals surface area contributed by atoms with Crippen LogP contribution in [-0.4, -0.2) is 17.7 Å². The van der Waals surface area contributed by atoms with Crippen LogP contribution in [0.2, 0.25) is 0 Å². The van der Waals surface area contributed by atoms with E-state index in [0.717, 1.165) is 18.9 Å². The molecule has 18 heavy (non-hydrogen) atoms. The van der Waals surface area contributed by atoms with Gasteiger partial charge < -0.3 is 10.4 Å². The second-order valence-electron chi connectivity index (χ2n) is 6.33. The zero-order valence-electron chi connectivity index (χ0n) is 10.8. The van der Waals surface area contributed by atoms with Crippen LogP contribution in [0.3, 0.4) is 0 Å². The molecule has 1 aromatic rings. The lowest BCUT2D eigenvalue weighted by molar-refractivity contribution is 0.0773. The van der Waals surface area contributed by atoms with Crippen molar-refractivity contribution in [3.8, 4) is 5.75 Å². The van der Waals surface area contributed by atoms with Crippen molar-refractivity contribution in [2.24, 2.45) is 5.92 Å². The fraction of sp³-hybridized carbons (Fsp3) is 0.625. The van der Waals surface area contributed by atoms with Crippen molar-refractivity contribution in [2.45, 2.75) is 50.0 Å². The Balaban J connectivity index is 1.94. The Morgan fingerprint density at radius 3 is 3.11 bits per heavy atom. The SMILES string of the molecule is Oc1cccc2c1[C@@]13CCCC[C@H]1[C@@H](C2)NCC3. The highest BCUT2D eigenvalue weighted by Gasteiger charge is 2.52. The number of rotatable bonds is 0. The Morgan fingerprint density at radius 2 is 2.17 bits per heavy atom. The van der Waals surface area contributed by atoms with Gasteiger partial charge in [0.25, 0.3) is 0 Å². The first kappa shape index (κ1) is 10.9. The highest BCUT2D eigenvalue weighted by atomic mass is 16.3. The second kappa shape index (κ2) is 3.74. The first-order valence-corrected chi connectivity index (χ1v) is 7.36. The van der Waals surface area contributed by atoms with Gasteiger partial charge in [-0.05, 0) is 49.8 Å². The van der Waals surface area contributed by atoms with Crippen molar-refractivity contribution in [1.29, 1.82) is 0 Å². The summed E-state index contributed by atoms with van der Waals surface area (Å²) in [6, 6.07) is 6.76. The summed E-state index contributed by atoms with van der Waals surface area (Å²) in [5, 5.41) is 14.1. The van der Waals surface area contributed by atoms with E-state index >= 15 is 0 Å². The van der Waals surface area contributed by atoms with E-state index < -0.39 is 0 Å². The molecule has 1 aliphatic heterocycles. The van der Waals surface area contributed by atoms with Gasteiger partial charge in [0.15, 0.2) is 0 Å². The van der Waals surface area contributed by atoms with E-state index in [1.54, 1.807) is 0 Å². The molecule has 3 atom stereocenters. The summed E-state index contributed by atoms with van der Waals surface area (Å²) in [6.45, 7) is 1.12. The van der Waals surface area contributed by atoms with E-state index in [-0.39, 0.29) is 5.41 Å². The average Bonchev–Trinajstić information content (AvgIpc) is 2.38. The molecule has 2 aliphatic carbocycles. The third kappa shape index (κ3) is 1.27. The Hall–Kier alpha value is -1.02. The van der Waals surface area contributed by atoms with E-state index in [1.165, 1.54) is 43.2 Å². The molecule has 2 heteroatoms. The lowest BCUT2D eigenvalue weighted by Crippen LogP contribution is -2.59. The van der Waals surface area contributed by atoms with E-state index in [0.29, 0.717) is 11.8 Å². The first-order valence-electron chi connectivity index (χ1n) is 7.36. The number of phenols is 1. The minimum absolute atomic E-state index is 0.285. The highest BCUT2D eigenvalue weighted by molar-refractivity contribution is 5.49. The molecule has 0 radical (unpaired) electrons. The fourth-order valence-corrected chi connectivity index (χ4v) is 5.00. The zero-order valence-corrected chi connectivity index (χ0v) is 10.8. The highest BCUT2D eigenvalue weighted by Crippen LogP contribution is 2.55. The zero-order chi connectivity index (χ0) is 12.2. The molecule has 1 saturated carbocycles. The number of benzene rings is 1. The molecule has 0 spiro atoms. The predicted octanol–water partition coefficient (Wildman–Crippen LogP) is 2.74. The smallest absolute Gasteiger partial charge is 0.119 e. The summed E-state index contributed by atoms with van der Waals surface area (Å²) < 4.78 is 0. The number of piperidine rings is 1. The molecule has 2 bridgehead atoms. The van der Waals surface area contributed by atoms with Gasteiger partial charge in [0, 0.05) is 17.0 Å². The average molecular weight is 243 g/mol. The van der Waals surface area contributed by atoms with Crippen LogP contribution in [-0.2, 0) is 11.8 Å². The maximum absolute atomic E-state index is 10.4. The molecule has 2 N–H and O–H groups in total. The van der Waals surface area contributed by atoms with Gasteiger partial charge in [-0.15, -0.1) is 0 Å². The summed E-state index contributed by atoms with van der Waals surface area (Å²) in [6.07, 6.45) is 7.63. The number of phenolic OH excluding ortho intramolecular Hbond substituents is 1. The predicted molar refractivity (Wildman–Crippen MR) is 71.9 cm³/mol. The van der Waals surface area contributed by atoms with Gasteiger partial charge in [-0.1, -0.05) is 25.0 Å². The number of hydrogen-bond donors (Lipinski definition) is 2. The normalized spacial score (nSPS) is 37.8. The van der Waals surface area contributed by atoms with Crippen molar-refractivity contribution in [2.75, 3.05) is 6.54 Å². The number of hydrogen-bond acceptors (Lipinski definition) is 2. The quantitative estimate of drug-likeness (QED) is 0.734. The van der Waals surface area contributed by atoms with E-state index in [1.807, 2.05) is 12.1 Å². The molecule has 2 nitrogen and oxygen atoms in total. The summed E-state index contributed by atoms with van der Waals surface area (Å²) in [5.41, 5.74) is 2.99. The Kier molecular flexibility index (Phi) is 2.25. The van der Waals surface area contributed by atoms with Crippen LogP contribution in [0.1, 0.15) is 43.2 Å². The van der Waals surface area contributed by atoms with Gasteiger partial charge >= 0.3 is 0 Å². The molecule has 2 fully saturated rings. The number of aromatic hydroxyl groups is 1. The van der Waals surface area contributed by atoms with Gasteiger partial charge in [-0.2, -0.15) is 0 Å². The standard InChI is InChI=1S/C16H21NO/c18-14-6-3-4-11-10-13-12-5-1-2-7-16(12,15(11)14)8-9-17-13/h3-4,6,12-13,17-18H,1-2,5,7-10H2/t12-,13+,16+/m0/s1. The van der Waals surface area contributed by atoms with Crippen LogP contribution >= 0.6 is 0 Å². The summed E-state index contributed by atoms with van der Waals surface area (Å²) in [5.74, 6) is 1.31. The number of nitrogens with one attached hydrogen (secondary N) is 1. The topological polar surface area (TPSA) is 32.3 Å². The Bertz CT molecular complexity index is 480. The summed E-state index contributed by atoms with van der Waals surface area (Å²) in [4.78, 5) is 0. The molecule has 0 unspecified atom stereocenters. The van der Waals surface area contributed by atoms with Crippen LogP contribution in [0.25, 0.3) is 0 Å². The third-order valence-corrected chi connectivity index (χ3v) is 5.63. The van der Waals surface area contributed by atoms with Gasteiger partial charge in [-0.3, -0.25) is 0 Å². The van der Waals surface area contributed by atoms with Crippen LogP contribution in [0, 0.1) is 5.92 Å². The summed E-state index contributed by atoms with van der Waals surface area (Å²) >= 11 is 0. The molecule has 4 rings (SSSR count). The van der Waals surface area contributed by atoms with Crippen molar-refractivity contribution >= 4 is 0 Å². The molecular weight excluding hydrogens is 222 g/mol. The van der Waals surface area contributed by atoms with E-state index in [4.69, 9.17) is 0 Å². The van der Waals surface area contributed by atoms with Crippen molar-refractivity contribution < 1.29 is 5.11 Å². The van der Waals surface area contributed by atoms with E-state index in [2.05, 4.69) is 11.4 Å². The molecule has 0 aromatic heterocycles. The number of fused-ring (bicyclic) bond motifs is 1. The monoisotopic (exact) mass is 243 g/mol. The fourth-order valence-electron chi connectivity index (χ4n) is 5.00. The molecule has 1 aromatic carbocycles. The molecule has 3 aliphatic rings. The van der Waals surface area contributed by atoms with Crippen LogP contribution in [0.4, 0.5) is 0 Å². The van der Waals surface area contributed by atoms with Gasteiger partial charge in [-0.25, -0.2) is 0 Å².